The molecule has 0 aromatic rings. The van der Waals surface area contributed by atoms with E-state index in [-0.39, 0.29) is 42.5 Å². The Hall–Kier alpha value is -2.02. The van der Waals surface area contributed by atoms with Crippen molar-refractivity contribution >= 4 is 23.9 Å². The summed E-state index contributed by atoms with van der Waals surface area (Å²) in [6.07, 6.45) is 10.2. The van der Waals surface area contributed by atoms with Crippen LogP contribution >= 0.6 is 0 Å². The maximum atomic E-state index is 10.8. The number of unbranched alkanes of at least 4 members (excludes halogenated alkanes) is 2. The largest absolute Gasteiger partial charge is 0.478 e. The van der Waals surface area contributed by atoms with Crippen LogP contribution < -0.4 is 0 Å². The minimum Gasteiger partial charge on any atom is -0.478 e. The minimum absolute atomic E-state index is 0. The smallest absolute Gasteiger partial charge is 0.331 e. The summed E-state index contributed by atoms with van der Waals surface area (Å²) in [5, 5.41) is 34.8. The van der Waals surface area contributed by atoms with E-state index in [2.05, 4.69) is 13.8 Å². The van der Waals surface area contributed by atoms with Crippen LogP contribution in [0.5, 0.6) is 0 Å². The molecule has 0 bridgehead atoms. The molecule has 0 aliphatic rings. The molecule has 0 saturated heterocycles. The van der Waals surface area contributed by atoms with E-state index >= 15 is 0 Å². The van der Waals surface area contributed by atoms with Gasteiger partial charge in [-0.15, -0.1) is 0 Å². The van der Waals surface area contributed by atoms with Crippen molar-refractivity contribution in [2.75, 3.05) is 0 Å². The molecule has 0 heterocycles. The summed E-state index contributed by atoms with van der Waals surface area (Å²) in [5.74, 6) is -4.11. The standard InChI is InChI=1S/2C12H20O4.Zn/c2*1-3-5-6-9(4-2)7-10(12(15)16)8-11(13)14;/h2*8-9H,3-7H2,1-2H3,(H,13,14)(H,15,16);/b2*10-8+;. The van der Waals surface area contributed by atoms with Crippen molar-refractivity contribution in [3.05, 3.63) is 23.3 Å². The first kappa shape index (κ1) is 35.6. The second-order valence-electron chi connectivity index (χ2n) is 7.87. The Morgan fingerprint density at radius 2 is 0.939 bits per heavy atom. The average Bonchev–Trinajstić information content (AvgIpc) is 2.72. The summed E-state index contributed by atoms with van der Waals surface area (Å²) in [5.41, 5.74) is -0.00842. The summed E-state index contributed by atoms with van der Waals surface area (Å²) >= 11 is 0. The van der Waals surface area contributed by atoms with E-state index in [0.717, 1.165) is 63.5 Å². The molecule has 33 heavy (non-hydrogen) atoms. The predicted molar refractivity (Wildman–Crippen MR) is 123 cm³/mol. The average molecular weight is 522 g/mol. The predicted octanol–water partition coefficient (Wildman–Crippen LogP) is 5.37. The van der Waals surface area contributed by atoms with Crippen LogP contribution in [0.3, 0.4) is 0 Å². The molecule has 0 aliphatic heterocycles. The van der Waals surface area contributed by atoms with Crippen LogP contribution in [-0.2, 0) is 38.7 Å². The van der Waals surface area contributed by atoms with Crippen molar-refractivity contribution in [2.24, 2.45) is 11.8 Å². The van der Waals surface area contributed by atoms with Gasteiger partial charge >= 0.3 is 23.9 Å². The summed E-state index contributed by atoms with van der Waals surface area (Å²) < 4.78 is 0. The molecule has 2 atom stereocenters. The fourth-order valence-electron chi connectivity index (χ4n) is 3.22. The zero-order valence-electron chi connectivity index (χ0n) is 20.5. The monoisotopic (exact) mass is 520 g/mol. The van der Waals surface area contributed by atoms with E-state index in [1.165, 1.54) is 0 Å². The molecule has 0 aliphatic carbocycles. The van der Waals surface area contributed by atoms with Gasteiger partial charge in [0, 0.05) is 42.8 Å². The van der Waals surface area contributed by atoms with Gasteiger partial charge in [0.15, 0.2) is 0 Å². The van der Waals surface area contributed by atoms with Gasteiger partial charge in [-0.25, -0.2) is 19.2 Å². The molecule has 186 valence electrons. The van der Waals surface area contributed by atoms with Gasteiger partial charge in [0.2, 0.25) is 0 Å². The Labute approximate surface area is 209 Å². The van der Waals surface area contributed by atoms with Gasteiger partial charge in [-0.05, 0) is 24.7 Å². The number of carboxylic acids is 4. The molecule has 0 amide bonds. The first-order chi connectivity index (χ1) is 15.0. The van der Waals surface area contributed by atoms with Gasteiger partial charge in [-0.1, -0.05) is 79.1 Å². The Morgan fingerprint density at radius 1 is 0.636 bits per heavy atom. The number of carboxylic acid groups (broad SMARTS) is 4. The molecule has 8 nitrogen and oxygen atoms in total. The fraction of sp³-hybridized carbons (Fsp3) is 0.667. The topological polar surface area (TPSA) is 149 Å². The minimum atomic E-state index is -1.19. The molecule has 4 N–H and O–H groups in total. The Morgan fingerprint density at radius 3 is 1.12 bits per heavy atom. The molecule has 0 saturated carbocycles. The van der Waals surface area contributed by atoms with Crippen molar-refractivity contribution in [1.29, 1.82) is 0 Å². The number of rotatable bonds is 16. The second-order valence-corrected chi connectivity index (χ2v) is 7.87. The first-order valence-corrected chi connectivity index (χ1v) is 11.4. The van der Waals surface area contributed by atoms with Crippen molar-refractivity contribution in [2.45, 2.75) is 91.9 Å². The van der Waals surface area contributed by atoms with Crippen LogP contribution in [0.2, 0.25) is 0 Å². The molecule has 0 fully saturated rings. The number of aliphatic carboxylic acids is 4. The van der Waals surface area contributed by atoms with Crippen LogP contribution in [-0.4, -0.2) is 44.3 Å². The fourth-order valence-corrected chi connectivity index (χ4v) is 3.22. The Bertz CT molecular complexity index is 599. The van der Waals surface area contributed by atoms with Crippen LogP contribution in [0.25, 0.3) is 0 Å². The third-order valence-corrected chi connectivity index (χ3v) is 5.25. The van der Waals surface area contributed by atoms with E-state index < -0.39 is 23.9 Å². The van der Waals surface area contributed by atoms with E-state index in [1.54, 1.807) is 0 Å². The summed E-state index contributed by atoms with van der Waals surface area (Å²) in [7, 11) is 0. The van der Waals surface area contributed by atoms with E-state index in [0.29, 0.717) is 12.8 Å². The van der Waals surface area contributed by atoms with Crippen molar-refractivity contribution in [3.63, 3.8) is 0 Å². The number of carbonyl (C=O) groups is 4. The third-order valence-electron chi connectivity index (χ3n) is 5.25. The zero-order chi connectivity index (χ0) is 25.1. The quantitative estimate of drug-likeness (QED) is 0.156. The molecular formula is C24H40O8Zn. The Balaban J connectivity index is -0.000000529. The summed E-state index contributed by atoms with van der Waals surface area (Å²) in [4.78, 5) is 42.6. The van der Waals surface area contributed by atoms with Crippen molar-refractivity contribution < 1.29 is 59.1 Å². The normalized spacial score (nSPS) is 13.1. The molecular weight excluding hydrogens is 482 g/mol. The number of hydrogen-bond acceptors (Lipinski definition) is 4. The van der Waals surface area contributed by atoms with Crippen LogP contribution in [0.1, 0.15) is 91.9 Å². The molecule has 0 rings (SSSR count). The maximum absolute atomic E-state index is 10.8. The first-order valence-electron chi connectivity index (χ1n) is 11.4. The number of hydrogen-bond donors (Lipinski definition) is 4. The van der Waals surface area contributed by atoms with Gasteiger partial charge in [0.1, 0.15) is 0 Å². The molecule has 0 aromatic heterocycles. The summed E-state index contributed by atoms with van der Waals surface area (Å²) in [6.45, 7) is 8.16. The van der Waals surface area contributed by atoms with Gasteiger partial charge in [0.05, 0.1) is 0 Å². The van der Waals surface area contributed by atoms with Gasteiger partial charge in [-0.3, -0.25) is 0 Å². The van der Waals surface area contributed by atoms with E-state index in [9.17, 15) is 19.2 Å². The van der Waals surface area contributed by atoms with Crippen LogP contribution in [0, 0.1) is 11.8 Å². The zero-order valence-corrected chi connectivity index (χ0v) is 23.5. The molecule has 0 aromatic carbocycles. The molecule has 2 unspecified atom stereocenters. The van der Waals surface area contributed by atoms with Crippen molar-refractivity contribution in [1.82, 2.24) is 0 Å². The van der Waals surface area contributed by atoms with Gasteiger partial charge < -0.3 is 20.4 Å². The van der Waals surface area contributed by atoms with E-state index in [4.69, 9.17) is 20.4 Å². The van der Waals surface area contributed by atoms with E-state index in [1.807, 2.05) is 13.8 Å². The second kappa shape index (κ2) is 21.8. The third kappa shape index (κ3) is 20.3. The molecule has 9 heteroatoms. The van der Waals surface area contributed by atoms with Crippen LogP contribution in [0.4, 0.5) is 0 Å². The van der Waals surface area contributed by atoms with Crippen molar-refractivity contribution in [3.8, 4) is 0 Å². The van der Waals surface area contributed by atoms with Crippen LogP contribution in [0.15, 0.2) is 23.3 Å². The van der Waals surface area contributed by atoms with Gasteiger partial charge in [0.25, 0.3) is 0 Å². The van der Waals surface area contributed by atoms with Gasteiger partial charge in [-0.2, -0.15) is 0 Å². The SMILES string of the molecule is CCCCC(CC)C/C(=C\C(=O)O)C(=O)O.CCCCC(CC)C/C(=C\C(=O)O)C(=O)O.[Zn]. The summed E-state index contributed by atoms with van der Waals surface area (Å²) in [6, 6.07) is 0. The molecule has 0 spiro atoms. The maximum Gasteiger partial charge on any atom is 0.331 e. The Kier molecular flexibility index (Phi) is 23.5. The molecule has 0 radical (unpaired) electrons.